The van der Waals surface area contributed by atoms with Crippen LogP contribution in [0, 0.1) is 0 Å². The Labute approximate surface area is 160 Å². The van der Waals surface area contributed by atoms with Crippen molar-refractivity contribution in [1.82, 2.24) is 9.62 Å². The van der Waals surface area contributed by atoms with Gasteiger partial charge in [0.25, 0.3) is 0 Å². The summed E-state index contributed by atoms with van der Waals surface area (Å²) in [6, 6.07) is 14.3. The molecule has 3 rings (SSSR count). The van der Waals surface area contributed by atoms with Crippen LogP contribution in [0.4, 0.5) is 0 Å². The summed E-state index contributed by atoms with van der Waals surface area (Å²) in [6.45, 7) is 3.25. The highest BCUT2D eigenvalue weighted by Crippen LogP contribution is 2.24. The highest BCUT2D eigenvalue weighted by atomic mass is 32.2. The summed E-state index contributed by atoms with van der Waals surface area (Å²) in [7, 11) is -3.63. The molecular weight excluding hydrogens is 362 g/mol. The van der Waals surface area contributed by atoms with Crippen molar-refractivity contribution in [3.63, 3.8) is 0 Å². The number of carbonyl (C=O) groups excluding carboxylic acids is 1. The lowest BCUT2D eigenvalue weighted by atomic mass is 9.99. The molecule has 7 heteroatoms. The molecule has 2 aromatic rings. The molecule has 1 heterocycles. The molecule has 27 heavy (non-hydrogen) atoms. The van der Waals surface area contributed by atoms with Crippen molar-refractivity contribution in [3.05, 3.63) is 65.2 Å². The summed E-state index contributed by atoms with van der Waals surface area (Å²) < 4.78 is 28.3. The van der Waals surface area contributed by atoms with Crippen molar-refractivity contribution in [2.45, 2.75) is 37.2 Å². The molecule has 1 aliphatic rings. The number of fused-ring (bicyclic) bond motifs is 1. The lowest BCUT2D eigenvalue weighted by Crippen LogP contribution is -2.37. The molecule has 3 N–H and O–H groups in total. The molecule has 144 valence electrons. The topological polar surface area (TPSA) is 92.5 Å². The first-order valence-electron chi connectivity index (χ1n) is 9.07. The van der Waals surface area contributed by atoms with Crippen molar-refractivity contribution in [3.8, 4) is 0 Å². The Morgan fingerprint density at radius 3 is 2.63 bits per heavy atom. The number of rotatable bonds is 6. The third-order valence-electron chi connectivity index (χ3n) is 4.84. The van der Waals surface area contributed by atoms with Crippen molar-refractivity contribution >= 4 is 15.9 Å². The lowest BCUT2D eigenvalue weighted by molar-refractivity contribution is -0.131. The number of nitrogens with zero attached hydrogens (tertiary/aromatic N) is 1. The standard InChI is InChI=1S/C20H25N3O3S/c1-15(16-5-3-2-4-6-16)22-27(25,26)19-8-7-18-14-23(20(24)9-11-21)12-10-17(18)13-19/h2-8,13,15,22H,9-12,14,21H2,1H3/t15-/m0/s1. The zero-order valence-corrected chi connectivity index (χ0v) is 16.2. The van der Waals surface area contributed by atoms with Gasteiger partial charge in [0.1, 0.15) is 0 Å². The maximum atomic E-state index is 12.8. The Kier molecular flexibility index (Phi) is 5.94. The van der Waals surface area contributed by atoms with Crippen LogP contribution < -0.4 is 10.5 Å². The molecule has 1 atom stereocenters. The summed E-state index contributed by atoms with van der Waals surface area (Å²) in [6.07, 6.45) is 0.979. The number of hydrogen-bond donors (Lipinski definition) is 2. The van der Waals surface area contributed by atoms with Gasteiger partial charge >= 0.3 is 0 Å². The quantitative estimate of drug-likeness (QED) is 0.792. The fourth-order valence-electron chi connectivity index (χ4n) is 3.30. The average molecular weight is 388 g/mol. The third kappa shape index (κ3) is 4.55. The van der Waals surface area contributed by atoms with E-state index < -0.39 is 10.0 Å². The third-order valence-corrected chi connectivity index (χ3v) is 6.38. The van der Waals surface area contributed by atoms with E-state index in [0.717, 1.165) is 16.7 Å². The van der Waals surface area contributed by atoms with Gasteiger partial charge in [-0.25, -0.2) is 13.1 Å². The normalized spacial score (nSPS) is 15.3. The largest absolute Gasteiger partial charge is 0.338 e. The number of hydrogen-bond acceptors (Lipinski definition) is 4. The van der Waals surface area contributed by atoms with E-state index in [0.29, 0.717) is 32.5 Å². The number of amides is 1. The molecule has 1 amide bonds. The first-order chi connectivity index (χ1) is 12.9. The van der Waals surface area contributed by atoms with Crippen LogP contribution >= 0.6 is 0 Å². The Bertz CT molecular complexity index is 913. The van der Waals surface area contributed by atoms with E-state index in [1.165, 1.54) is 0 Å². The van der Waals surface area contributed by atoms with Gasteiger partial charge in [-0.3, -0.25) is 4.79 Å². The van der Waals surface area contributed by atoms with Gasteiger partial charge in [0.15, 0.2) is 0 Å². The highest BCUT2D eigenvalue weighted by molar-refractivity contribution is 7.89. The molecule has 0 saturated heterocycles. The maximum Gasteiger partial charge on any atom is 0.241 e. The first kappa shape index (κ1) is 19.5. The van der Waals surface area contributed by atoms with Gasteiger partial charge in [-0.05, 0) is 42.2 Å². The van der Waals surface area contributed by atoms with Gasteiger partial charge < -0.3 is 10.6 Å². The minimum Gasteiger partial charge on any atom is -0.338 e. The molecule has 0 saturated carbocycles. The van der Waals surface area contributed by atoms with Crippen LogP contribution in [0.1, 0.15) is 36.1 Å². The molecule has 0 fully saturated rings. The van der Waals surface area contributed by atoms with Crippen molar-refractivity contribution in [2.24, 2.45) is 5.73 Å². The van der Waals surface area contributed by atoms with E-state index in [2.05, 4.69) is 4.72 Å². The Balaban J connectivity index is 1.76. The summed E-state index contributed by atoms with van der Waals surface area (Å²) in [4.78, 5) is 14.1. The molecule has 0 aliphatic carbocycles. The maximum absolute atomic E-state index is 12.8. The molecule has 0 spiro atoms. The lowest BCUT2D eigenvalue weighted by Gasteiger charge is -2.29. The molecule has 0 radical (unpaired) electrons. The van der Waals surface area contributed by atoms with Crippen LogP contribution in [0.25, 0.3) is 0 Å². The van der Waals surface area contributed by atoms with Gasteiger partial charge in [0.2, 0.25) is 15.9 Å². The van der Waals surface area contributed by atoms with E-state index in [1.54, 1.807) is 23.1 Å². The van der Waals surface area contributed by atoms with E-state index in [4.69, 9.17) is 5.73 Å². The molecular formula is C20H25N3O3S. The highest BCUT2D eigenvalue weighted by Gasteiger charge is 2.23. The number of sulfonamides is 1. The van der Waals surface area contributed by atoms with Crippen molar-refractivity contribution < 1.29 is 13.2 Å². The van der Waals surface area contributed by atoms with Crippen LogP contribution in [0.5, 0.6) is 0 Å². The number of benzene rings is 2. The van der Waals surface area contributed by atoms with Crippen LogP contribution in [0.15, 0.2) is 53.4 Å². The first-order valence-corrected chi connectivity index (χ1v) is 10.6. The molecule has 0 unspecified atom stereocenters. The van der Waals surface area contributed by atoms with E-state index >= 15 is 0 Å². The smallest absolute Gasteiger partial charge is 0.241 e. The monoisotopic (exact) mass is 387 g/mol. The van der Waals surface area contributed by atoms with E-state index in [1.807, 2.05) is 37.3 Å². The minimum absolute atomic E-state index is 0.0400. The van der Waals surface area contributed by atoms with Gasteiger partial charge in [0.05, 0.1) is 4.90 Å². The van der Waals surface area contributed by atoms with Gasteiger partial charge in [-0.1, -0.05) is 36.4 Å². The SMILES string of the molecule is C[C@H](NS(=O)(=O)c1ccc2c(c1)CCN(C(=O)CCN)C2)c1ccccc1. The van der Waals surface area contributed by atoms with Crippen LogP contribution in [0.2, 0.25) is 0 Å². The summed E-state index contributed by atoms with van der Waals surface area (Å²) in [5, 5.41) is 0. The molecule has 6 nitrogen and oxygen atoms in total. The fourth-order valence-corrected chi connectivity index (χ4v) is 4.58. The second kappa shape index (κ2) is 8.21. The Hall–Kier alpha value is -2.22. The Morgan fingerprint density at radius 1 is 1.19 bits per heavy atom. The van der Waals surface area contributed by atoms with Crippen molar-refractivity contribution in [1.29, 1.82) is 0 Å². The van der Waals surface area contributed by atoms with E-state index in [-0.39, 0.29) is 16.8 Å². The van der Waals surface area contributed by atoms with Crippen LogP contribution in [-0.4, -0.2) is 32.3 Å². The second-order valence-corrected chi connectivity index (χ2v) is 8.50. The summed E-state index contributed by atoms with van der Waals surface area (Å²) in [5.74, 6) is 0.0400. The average Bonchev–Trinajstić information content (AvgIpc) is 2.67. The van der Waals surface area contributed by atoms with Crippen LogP contribution in [-0.2, 0) is 27.8 Å². The number of nitrogens with one attached hydrogen (secondary N) is 1. The zero-order chi connectivity index (χ0) is 19.4. The Morgan fingerprint density at radius 2 is 1.93 bits per heavy atom. The molecule has 2 aromatic carbocycles. The zero-order valence-electron chi connectivity index (χ0n) is 15.4. The number of carbonyl (C=O) groups is 1. The predicted octanol–water partition coefficient (Wildman–Crippen LogP) is 1.96. The summed E-state index contributed by atoms with van der Waals surface area (Å²) >= 11 is 0. The molecule has 0 bridgehead atoms. The second-order valence-electron chi connectivity index (χ2n) is 6.79. The van der Waals surface area contributed by atoms with Gasteiger partial charge in [-0.2, -0.15) is 0 Å². The fraction of sp³-hybridized carbons (Fsp3) is 0.350. The minimum atomic E-state index is -3.63. The van der Waals surface area contributed by atoms with Gasteiger partial charge in [-0.15, -0.1) is 0 Å². The summed E-state index contributed by atoms with van der Waals surface area (Å²) in [5.41, 5.74) is 8.33. The van der Waals surface area contributed by atoms with Crippen molar-refractivity contribution in [2.75, 3.05) is 13.1 Å². The van der Waals surface area contributed by atoms with Crippen LogP contribution in [0.3, 0.4) is 0 Å². The predicted molar refractivity (Wildman–Crippen MR) is 104 cm³/mol. The molecule has 0 aromatic heterocycles. The molecule has 1 aliphatic heterocycles. The van der Waals surface area contributed by atoms with Gasteiger partial charge in [0, 0.05) is 32.1 Å². The van der Waals surface area contributed by atoms with E-state index in [9.17, 15) is 13.2 Å². The number of nitrogens with two attached hydrogens (primary N) is 1.